The van der Waals surface area contributed by atoms with Crippen molar-refractivity contribution < 1.29 is 23.9 Å². The molecule has 2 amide bonds. The van der Waals surface area contributed by atoms with E-state index < -0.39 is 23.8 Å². The summed E-state index contributed by atoms with van der Waals surface area (Å²) in [5.74, 6) is 0.314. The van der Waals surface area contributed by atoms with Crippen molar-refractivity contribution in [2.24, 2.45) is 11.8 Å². The predicted octanol–water partition coefficient (Wildman–Crippen LogP) is 2.87. The predicted molar refractivity (Wildman–Crippen MR) is 101 cm³/mol. The van der Waals surface area contributed by atoms with Gasteiger partial charge in [0.1, 0.15) is 17.7 Å². The fourth-order valence-corrected chi connectivity index (χ4v) is 4.16. The fraction of sp³-hybridized carbons (Fsp3) is 0.850. The van der Waals surface area contributed by atoms with Crippen LogP contribution in [0.5, 0.6) is 0 Å². The van der Waals surface area contributed by atoms with Gasteiger partial charge in [0.05, 0.1) is 7.11 Å². The lowest BCUT2D eigenvalue weighted by Crippen LogP contribution is -2.56. The Morgan fingerprint density at radius 2 is 1.81 bits per heavy atom. The van der Waals surface area contributed by atoms with E-state index in [1.807, 2.05) is 0 Å². The van der Waals surface area contributed by atoms with Gasteiger partial charge in [-0.2, -0.15) is 0 Å². The molecule has 0 aromatic heterocycles. The van der Waals surface area contributed by atoms with Gasteiger partial charge in [-0.25, -0.2) is 9.59 Å². The number of carbonyl (C=O) groups excluding carboxylic acids is 3. The van der Waals surface area contributed by atoms with Crippen molar-refractivity contribution in [3.05, 3.63) is 0 Å². The molecular formula is C20H34N2O5. The quantitative estimate of drug-likeness (QED) is 0.759. The van der Waals surface area contributed by atoms with Gasteiger partial charge >= 0.3 is 12.1 Å². The highest BCUT2D eigenvalue weighted by molar-refractivity contribution is 5.90. The number of ether oxygens (including phenoxy) is 2. The van der Waals surface area contributed by atoms with Crippen LogP contribution in [0.15, 0.2) is 0 Å². The van der Waals surface area contributed by atoms with E-state index >= 15 is 0 Å². The van der Waals surface area contributed by atoms with Gasteiger partial charge in [0.2, 0.25) is 5.91 Å². The molecule has 4 atom stereocenters. The maximum Gasteiger partial charge on any atom is 0.408 e. The van der Waals surface area contributed by atoms with Crippen LogP contribution in [0.25, 0.3) is 0 Å². The van der Waals surface area contributed by atoms with Crippen molar-refractivity contribution in [3.8, 4) is 0 Å². The van der Waals surface area contributed by atoms with Crippen LogP contribution in [0.1, 0.15) is 66.7 Å². The molecule has 0 aromatic carbocycles. The van der Waals surface area contributed by atoms with Crippen LogP contribution >= 0.6 is 0 Å². The van der Waals surface area contributed by atoms with Crippen LogP contribution in [-0.2, 0) is 19.1 Å². The lowest BCUT2D eigenvalue weighted by Gasteiger charge is -2.38. The molecule has 7 nitrogen and oxygen atoms in total. The Kier molecular flexibility index (Phi) is 6.76. The number of rotatable bonds is 3. The fourth-order valence-electron chi connectivity index (χ4n) is 4.16. The second-order valence-corrected chi connectivity index (χ2v) is 9.03. The third kappa shape index (κ3) is 5.36. The molecule has 0 aromatic rings. The Morgan fingerprint density at radius 3 is 2.37 bits per heavy atom. The summed E-state index contributed by atoms with van der Waals surface area (Å²) in [6.07, 6.45) is 3.07. The summed E-state index contributed by atoms with van der Waals surface area (Å²) in [6, 6.07) is -1.24. The Labute approximate surface area is 162 Å². The molecule has 0 unspecified atom stereocenters. The SMILES string of the molecule is COC(=O)[C@@H]1CC[C@@H]2C[C@@H](C(C)C)CC[C@H](NC(=O)OC(C)(C)C)C(=O)N21. The average Bonchev–Trinajstić information content (AvgIpc) is 2.95. The molecule has 0 bridgehead atoms. The van der Waals surface area contributed by atoms with Crippen LogP contribution in [-0.4, -0.2) is 53.7 Å². The molecule has 2 heterocycles. The molecule has 7 heteroatoms. The lowest BCUT2D eigenvalue weighted by molar-refractivity contribution is -0.153. The lowest BCUT2D eigenvalue weighted by atomic mass is 9.82. The van der Waals surface area contributed by atoms with Crippen LogP contribution in [0.2, 0.25) is 0 Å². The number of methoxy groups -OCH3 is 1. The first-order chi connectivity index (χ1) is 12.5. The monoisotopic (exact) mass is 382 g/mol. The van der Waals surface area contributed by atoms with E-state index in [0.717, 1.165) is 19.3 Å². The summed E-state index contributed by atoms with van der Waals surface area (Å²) in [4.78, 5) is 39.4. The van der Waals surface area contributed by atoms with Crippen molar-refractivity contribution in [3.63, 3.8) is 0 Å². The van der Waals surface area contributed by atoms with Crippen molar-refractivity contribution in [2.75, 3.05) is 7.11 Å². The number of carbonyl (C=O) groups is 3. The number of hydrogen-bond acceptors (Lipinski definition) is 5. The van der Waals surface area contributed by atoms with Gasteiger partial charge in [-0.15, -0.1) is 0 Å². The molecule has 0 saturated carbocycles. The van der Waals surface area contributed by atoms with E-state index in [9.17, 15) is 14.4 Å². The zero-order valence-electron chi connectivity index (χ0n) is 17.4. The highest BCUT2D eigenvalue weighted by atomic mass is 16.6. The molecule has 27 heavy (non-hydrogen) atoms. The largest absolute Gasteiger partial charge is 0.467 e. The summed E-state index contributed by atoms with van der Waals surface area (Å²) in [7, 11) is 1.34. The van der Waals surface area contributed by atoms with Crippen LogP contribution in [0.3, 0.4) is 0 Å². The zero-order valence-corrected chi connectivity index (χ0v) is 17.4. The van der Waals surface area contributed by atoms with E-state index in [0.29, 0.717) is 24.7 Å². The van der Waals surface area contributed by atoms with Crippen LogP contribution < -0.4 is 5.32 Å². The number of alkyl carbamates (subject to hydrolysis) is 1. The third-order valence-electron chi connectivity index (χ3n) is 5.56. The normalized spacial score (nSPS) is 29.0. The maximum atomic E-state index is 13.2. The first kappa shape index (κ1) is 21.5. The van der Waals surface area contributed by atoms with E-state index in [-0.39, 0.29) is 17.9 Å². The van der Waals surface area contributed by atoms with Crippen LogP contribution in [0, 0.1) is 11.8 Å². The zero-order chi connectivity index (χ0) is 20.4. The highest BCUT2D eigenvalue weighted by Gasteiger charge is 2.46. The minimum atomic E-state index is -0.686. The standard InChI is InChI=1S/C20H34N2O5/c1-12(2)13-7-9-15(21-19(25)27-20(3,4)5)17(23)22-14(11-13)8-10-16(22)18(24)26-6/h12-16H,7-11H2,1-6H3,(H,21,25)/t13-,14+,15-,16-/m0/s1. The van der Waals surface area contributed by atoms with Gasteiger partial charge in [-0.05, 0) is 64.7 Å². The smallest absolute Gasteiger partial charge is 0.408 e. The molecule has 0 radical (unpaired) electrons. The molecule has 0 spiro atoms. The summed E-state index contributed by atoms with van der Waals surface area (Å²) < 4.78 is 10.2. The topological polar surface area (TPSA) is 84.9 Å². The molecule has 2 aliphatic heterocycles. The first-order valence-corrected chi connectivity index (χ1v) is 9.93. The van der Waals surface area contributed by atoms with Crippen molar-refractivity contribution in [1.82, 2.24) is 10.2 Å². The summed E-state index contributed by atoms with van der Waals surface area (Å²) in [6.45, 7) is 9.71. The van der Waals surface area contributed by atoms with Gasteiger partial charge in [-0.3, -0.25) is 4.79 Å². The Bertz CT molecular complexity index is 569. The maximum absolute atomic E-state index is 13.2. The Hall–Kier alpha value is -1.79. The summed E-state index contributed by atoms with van der Waals surface area (Å²) >= 11 is 0. The number of amides is 2. The number of esters is 1. The van der Waals surface area contributed by atoms with E-state index in [2.05, 4.69) is 19.2 Å². The average molecular weight is 383 g/mol. The summed E-state index contributed by atoms with van der Waals surface area (Å²) in [5, 5.41) is 2.74. The third-order valence-corrected chi connectivity index (χ3v) is 5.56. The van der Waals surface area contributed by atoms with E-state index in [1.165, 1.54) is 7.11 Å². The number of nitrogens with zero attached hydrogens (tertiary/aromatic N) is 1. The Morgan fingerprint density at radius 1 is 1.15 bits per heavy atom. The molecule has 2 rings (SSSR count). The molecule has 154 valence electrons. The number of hydrogen-bond donors (Lipinski definition) is 1. The van der Waals surface area contributed by atoms with Crippen molar-refractivity contribution in [2.45, 2.75) is 90.4 Å². The summed E-state index contributed by atoms with van der Waals surface area (Å²) in [5.41, 5.74) is -0.639. The second kappa shape index (κ2) is 8.48. The van der Waals surface area contributed by atoms with Gasteiger partial charge in [-0.1, -0.05) is 13.8 Å². The molecule has 1 N–H and O–H groups in total. The number of nitrogens with one attached hydrogen (secondary N) is 1. The van der Waals surface area contributed by atoms with Gasteiger partial charge < -0.3 is 19.7 Å². The van der Waals surface area contributed by atoms with Crippen molar-refractivity contribution >= 4 is 18.0 Å². The molecular weight excluding hydrogens is 348 g/mol. The number of fused-ring (bicyclic) bond motifs is 1. The molecule has 0 aliphatic carbocycles. The van der Waals surface area contributed by atoms with Crippen molar-refractivity contribution in [1.29, 1.82) is 0 Å². The van der Waals surface area contributed by atoms with Gasteiger partial charge in [0.25, 0.3) is 0 Å². The minimum Gasteiger partial charge on any atom is -0.467 e. The molecule has 2 saturated heterocycles. The second-order valence-electron chi connectivity index (χ2n) is 9.03. The highest BCUT2D eigenvalue weighted by Crippen LogP contribution is 2.36. The molecule has 2 fully saturated rings. The van der Waals surface area contributed by atoms with Gasteiger partial charge in [0.15, 0.2) is 0 Å². The minimum absolute atomic E-state index is 0.0113. The van der Waals surface area contributed by atoms with Crippen LogP contribution in [0.4, 0.5) is 4.79 Å². The Balaban J connectivity index is 2.24. The first-order valence-electron chi connectivity index (χ1n) is 9.93. The van der Waals surface area contributed by atoms with Gasteiger partial charge in [0, 0.05) is 6.04 Å². The van der Waals surface area contributed by atoms with E-state index in [4.69, 9.17) is 9.47 Å². The van der Waals surface area contributed by atoms with E-state index in [1.54, 1.807) is 25.7 Å². The molecule has 2 aliphatic rings.